The van der Waals surface area contributed by atoms with Crippen molar-refractivity contribution in [3.8, 4) is 5.75 Å². The van der Waals surface area contributed by atoms with Crippen molar-refractivity contribution < 1.29 is 13.2 Å². The van der Waals surface area contributed by atoms with Gasteiger partial charge < -0.3 is 10.1 Å². The van der Waals surface area contributed by atoms with Gasteiger partial charge in [0.2, 0.25) is 10.0 Å². The Bertz CT molecular complexity index is 545. The van der Waals surface area contributed by atoms with Gasteiger partial charge in [-0.1, -0.05) is 12.1 Å². The van der Waals surface area contributed by atoms with Crippen LogP contribution in [0, 0.1) is 5.92 Å². The first kappa shape index (κ1) is 15.1. The van der Waals surface area contributed by atoms with Crippen molar-refractivity contribution in [1.82, 2.24) is 4.31 Å². The standard InChI is InChI=1S/C14H22N2O3S/c1-19-14-8-4-3-7-13(14)15-10-12-6-5-9-16(11-12)20(2,17)18/h3-4,7-8,12,15H,5-6,9-11H2,1-2H3. The van der Waals surface area contributed by atoms with E-state index in [2.05, 4.69) is 5.32 Å². The lowest BCUT2D eigenvalue weighted by Crippen LogP contribution is -2.41. The van der Waals surface area contributed by atoms with Gasteiger partial charge in [0.25, 0.3) is 0 Å². The molecule has 1 heterocycles. The molecule has 1 saturated heterocycles. The molecule has 1 aliphatic rings. The molecule has 2 rings (SSSR count). The summed E-state index contributed by atoms with van der Waals surface area (Å²) in [6, 6.07) is 7.76. The number of ether oxygens (including phenoxy) is 1. The minimum atomic E-state index is -3.07. The molecular formula is C14H22N2O3S. The monoisotopic (exact) mass is 298 g/mol. The number of nitrogens with one attached hydrogen (secondary N) is 1. The molecule has 1 unspecified atom stereocenters. The van der Waals surface area contributed by atoms with Crippen molar-refractivity contribution in [2.24, 2.45) is 5.92 Å². The second kappa shape index (κ2) is 6.45. The highest BCUT2D eigenvalue weighted by atomic mass is 32.2. The Labute approximate surface area is 121 Å². The molecule has 1 atom stereocenters. The zero-order chi connectivity index (χ0) is 14.6. The number of nitrogens with zero attached hydrogens (tertiary/aromatic N) is 1. The lowest BCUT2D eigenvalue weighted by Gasteiger charge is -2.31. The van der Waals surface area contributed by atoms with Gasteiger partial charge in [-0.25, -0.2) is 12.7 Å². The van der Waals surface area contributed by atoms with E-state index in [0.29, 0.717) is 19.0 Å². The predicted molar refractivity (Wildman–Crippen MR) is 80.6 cm³/mol. The normalized spacial score (nSPS) is 20.6. The lowest BCUT2D eigenvalue weighted by atomic mass is 9.99. The molecule has 1 fully saturated rings. The van der Waals surface area contributed by atoms with Crippen molar-refractivity contribution >= 4 is 15.7 Å². The molecule has 1 aliphatic heterocycles. The molecule has 0 aliphatic carbocycles. The number of piperidine rings is 1. The maximum absolute atomic E-state index is 11.6. The van der Waals surface area contributed by atoms with E-state index in [1.165, 1.54) is 6.26 Å². The van der Waals surface area contributed by atoms with Gasteiger partial charge in [0.15, 0.2) is 0 Å². The Kier molecular flexibility index (Phi) is 4.88. The molecule has 5 nitrogen and oxygen atoms in total. The fourth-order valence-electron chi connectivity index (χ4n) is 2.54. The second-order valence-electron chi connectivity index (χ2n) is 5.21. The third-order valence-corrected chi connectivity index (χ3v) is 4.91. The van der Waals surface area contributed by atoms with Crippen LogP contribution in [0.4, 0.5) is 5.69 Å². The Hall–Kier alpha value is -1.27. The number of sulfonamides is 1. The zero-order valence-electron chi connectivity index (χ0n) is 12.0. The Balaban J connectivity index is 1.94. The molecule has 1 aromatic carbocycles. The summed E-state index contributed by atoms with van der Waals surface area (Å²) in [7, 11) is -1.43. The molecule has 112 valence electrons. The third kappa shape index (κ3) is 3.86. The number of methoxy groups -OCH3 is 1. The number of hydrogen-bond donors (Lipinski definition) is 1. The Morgan fingerprint density at radius 1 is 1.40 bits per heavy atom. The fourth-order valence-corrected chi connectivity index (χ4v) is 3.48. The van der Waals surface area contributed by atoms with E-state index >= 15 is 0 Å². The molecule has 6 heteroatoms. The van der Waals surface area contributed by atoms with Gasteiger partial charge in [0.1, 0.15) is 5.75 Å². The van der Waals surface area contributed by atoms with Crippen molar-refractivity contribution in [2.75, 3.05) is 38.3 Å². The summed E-state index contributed by atoms with van der Waals surface area (Å²) in [6.45, 7) is 2.00. The van der Waals surface area contributed by atoms with E-state index in [1.54, 1.807) is 11.4 Å². The second-order valence-corrected chi connectivity index (χ2v) is 7.19. The number of anilines is 1. The number of rotatable bonds is 5. The van der Waals surface area contributed by atoms with Gasteiger partial charge in [0, 0.05) is 19.6 Å². The largest absolute Gasteiger partial charge is 0.495 e. The lowest BCUT2D eigenvalue weighted by molar-refractivity contribution is 0.276. The van der Waals surface area contributed by atoms with Gasteiger partial charge in [-0.05, 0) is 30.9 Å². The van der Waals surface area contributed by atoms with E-state index in [1.807, 2.05) is 24.3 Å². The average Bonchev–Trinajstić information content (AvgIpc) is 2.45. The highest BCUT2D eigenvalue weighted by Crippen LogP contribution is 2.25. The first-order valence-electron chi connectivity index (χ1n) is 6.82. The summed E-state index contributed by atoms with van der Waals surface area (Å²) in [5, 5.41) is 3.36. The molecule has 0 radical (unpaired) electrons. The maximum atomic E-state index is 11.6. The van der Waals surface area contributed by atoms with E-state index < -0.39 is 10.0 Å². The van der Waals surface area contributed by atoms with Crippen molar-refractivity contribution in [2.45, 2.75) is 12.8 Å². The molecule has 0 bridgehead atoms. The number of benzene rings is 1. The van der Waals surface area contributed by atoms with Gasteiger partial charge >= 0.3 is 0 Å². The summed E-state index contributed by atoms with van der Waals surface area (Å²) >= 11 is 0. The van der Waals surface area contributed by atoms with Crippen LogP contribution < -0.4 is 10.1 Å². The van der Waals surface area contributed by atoms with Crippen LogP contribution in [-0.2, 0) is 10.0 Å². The molecule has 0 spiro atoms. The summed E-state index contributed by atoms with van der Waals surface area (Å²) < 4.78 is 30.1. The summed E-state index contributed by atoms with van der Waals surface area (Å²) in [6.07, 6.45) is 3.25. The van der Waals surface area contributed by atoms with Gasteiger partial charge in [-0.15, -0.1) is 0 Å². The summed E-state index contributed by atoms with van der Waals surface area (Å²) in [4.78, 5) is 0. The molecule has 1 N–H and O–H groups in total. The minimum Gasteiger partial charge on any atom is -0.495 e. The summed E-state index contributed by atoms with van der Waals surface area (Å²) in [5.41, 5.74) is 0.950. The van der Waals surface area contributed by atoms with Gasteiger partial charge in [-0.2, -0.15) is 0 Å². The van der Waals surface area contributed by atoms with Crippen LogP contribution in [-0.4, -0.2) is 45.7 Å². The smallest absolute Gasteiger partial charge is 0.211 e. The highest BCUT2D eigenvalue weighted by Gasteiger charge is 2.25. The van der Waals surface area contributed by atoms with E-state index in [0.717, 1.165) is 30.8 Å². The van der Waals surface area contributed by atoms with Gasteiger partial charge in [-0.3, -0.25) is 0 Å². The van der Waals surface area contributed by atoms with Crippen LogP contribution >= 0.6 is 0 Å². The van der Waals surface area contributed by atoms with Crippen molar-refractivity contribution in [1.29, 1.82) is 0 Å². The van der Waals surface area contributed by atoms with Crippen LogP contribution in [0.2, 0.25) is 0 Å². The van der Waals surface area contributed by atoms with Crippen molar-refractivity contribution in [3.63, 3.8) is 0 Å². The average molecular weight is 298 g/mol. The SMILES string of the molecule is COc1ccccc1NCC1CCCN(S(C)(=O)=O)C1. The fraction of sp³-hybridized carbons (Fsp3) is 0.571. The number of para-hydroxylation sites is 2. The van der Waals surface area contributed by atoms with Crippen LogP contribution in [0.15, 0.2) is 24.3 Å². The highest BCUT2D eigenvalue weighted by molar-refractivity contribution is 7.88. The molecule has 0 saturated carbocycles. The molecule has 1 aromatic rings. The Morgan fingerprint density at radius 3 is 2.85 bits per heavy atom. The molecule has 0 aromatic heterocycles. The quantitative estimate of drug-likeness (QED) is 0.900. The van der Waals surface area contributed by atoms with Crippen LogP contribution in [0.1, 0.15) is 12.8 Å². The third-order valence-electron chi connectivity index (χ3n) is 3.64. The summed E-state index contributed by atoms with van der Waals surface area (Å²) in [5.74, 6) is 1.15. The van der Waals surface area contributed by atoms with Crippen molar-refractivity contribution in [3.05, 3.63) is 24.3 Å². The molecule has 20 heavy (non-hydrogen) atoms. The zero-order valence-corrected chi connectivity index (χ0v) is 12.8. The first-order valence-corrected chi connectivity index (χ1v) is 8.67. The maximum Gasteiger partial charge on any atom is 0.211 e. The topological polar surface area (TPSA) is 58.6 Å². The molecular weight excluding hydrogens is 276 g/mol. The van der Waals surface area contributed by atoms with E-state index in [-0.39, 0.29) is 0 Å². The number of hydrogen-bond acceptors (Lipinski definition) is 4. The molecule has 0 amide bonds. The van der Waals surface area contributed by atoms with Crippen LogP contribution in [0.5, 0.6) is 5.75 Å². The predicted octanol–water partition coefficient (Wildman–Crippen LogP) is 1.78. The van der Waals surface area contributed by atoms with E-state index in [4.69, 9.17) is 4.74 Å². The van der Waals surface area contributed by atoms with Crippen LogP contribution in [0.25, 0.3) is 0 Å². The van der Waals surface area contributed by atoms with E-state index in [9.17, 15) is 8.42 Å². The minimum absolute atomic E-state index is 0.336. The van der Waals surface area contributed by atoms with Crippen LogP contribution in [0.3, 0.4) is 0 Å². The Morgan fingerprint density at radius 2 is 2.15 bits per heavy atom. The first-order chi connectivity index (χ1) is 9.50. The van der Waals surface area contributed by atoms with Gasteiger partial charge in [0.05, 0.1) is 19.1 Å².